The van der Waals surface area contributed by atoms with Gasteiger partial charge in [-0.15, -0.1) is 0 Å². The summed E-state index contributed by atoms with van der Waals surface area (Å²) in [5.41, 5.74) is 8.60. The molecule has 0 atom stereocenters. The van der Waals surface area contributed by atoms with Crippen molar-refractivity contribution in [3.63, 3.8) is 0 Å². The lowest BCUT2D eigenvalue weighted by atomic mass is 10.1. The van der Waals surface area contributed by atoms with Gasteiger partial charge >= 0.3 is 0 Å². The molecule has 2 nitrogen and oxygen atoms in total. The van der Waals surface area contributed by atoms with E-state index in [-0.39, 0.29) is 0 Å². The summed E-state index contributed by atoms with van der Waals surface area (Å²) in [7, 11) is 0. The third kappa shape index (κ3) is 2.85. The fourth-order valence-electron chi connectivity index (χ4n) is 1.69. The number of aryl methyl sites for hydroxylation is 1. The SMILES string of the molecule is CCc1cc(Sc2ccc(C#N)cc2)ccc1N. The van der Waals surface area contributed by atoms with E-state index < -0.39 is 0 Å². The quantitative estimate of drug-likeness (QED) is 0.846. The van der Waals surface area contributed by atoms with Gasteiger partial charge in [-0.25, -0.2) is 0 Å². The van der Waals surface area contributed by atoms with Crippen molar-refractivity contribution in [2.75, 3.05) is 5.73 Å². The van der Waals surface area contributed by atoms with E-state index in [1.807, 2.05) is 36.4 Å². The highest BCUT2D eigenvalue weighted by Gasteiger charge is 2.02. The van der Waals surface area contributed by atoms with Gasteiger partial charge < -0.3 is 5.73 Å². The van der Waals surface area contributed by atoms with Crippen molar-refractivity contribution in [2.45, 2.75) is 23.1 Å². The van der Waals surface area contributed by atoms with Crippen LogP contribution in [0.1, 0.15) is 18.1 Å². The first-order valence-electron chi connectivity index (χ1n) is 5.79. The van der Waals surface area contributed by atoms with E-state index in [1.54, 1.807) is 11.8 Å². The monoisotopic (exact) mass is 254 g/mol. The average Bonchev–Trinajstić information content (AvgIpc) is 2.42. The summed E-state index contributed by atoms with van der Waals surface area (Å²) in [6.45, 7) is 2.10. The number of nitrogens with zero attached hydrogens (tertiary/aromatic N) is 1. The van der Waals surface area contributed by atoms with Gasteiger partial charge in [0.25, 0.3) is 0 Å². The van der Waals surface area contributed by atoms with Crippen molar-refractivity contribution >= 4 is 17.4 Å². The van der Waals surface area contributed by atoms with E-state index in [0.29, 0.717) is 5.56 Å². The Bertz CT molecular complexity index is 582. The van der Waals surface area contributed by atoms with Gasteiger partial charge in [-0.2, -0.15) is 5.26 Å². The summed E-state index contributed by atoms with van der Waals surface area (Å²) in [6.07, 6.45) is 0.938. The van der Waals surface area contributed by atoms with Crippen molar-refractivity contribution in [3.8, 4) is 6.07 Å². The zero-order valence-electron chi connectivity index (χ0n) is 10.2. The molecular formula is C15H14N2S. The molecule has 0 bridgehead atoms. The van der Waals surface area contributed by atoms with E-state index in [0.717, 1.165) is 17.0 Å². The highest BCUT2D eigenvalue weighted by Crippen LogP contribution is 2.30. The number of hydrogen-bond acceptors (Lipinski definition) is 3. The standard InChI is InChI=1S/C15H14N2S/c1-2-12-9-14(7-8-15(12)17)18-13-5-3-11(10-16)4-6-13/h3-9H,2,17H2,1H3. The number of anilines is 1. The Labute approximate surface area is 111 Å². The molecule has 0 fully saturated rings. The van der Waals surface area contributed by atoms with Crippen molar-refractivity contribution in [1.82, 2.24) is 0 Å². The smallest absolute Gasteiger partial charge is 0.0991 e. The van der Waals surface area contributed by atoms with Gasteiger partial charge in [0.05, 0.1) is 11.6 Å². The Morgan fingerprint density at radius 3 is 2.39 bits per heavy atom. The van der Waals surface area contributed by atoms with Gasteiger partial charge in [-0.05, 0) is 54.4 Å². The average molecular weight is 254 g/mol. The summed E-state index contributed by atoms with van der Waals surface area (Å²) in [6, 6.07) is 15.8. The molecule has 0 saturated carbocycles. The van der Waals surface area contributed by atoms with Crippen molar-refractivity contribution in [3.05, 3.63) is 53.6 Å². The minimum Gasteiger partial charge on any atom is -0.399 e. The van der Waals surface area contributed by atoms with Crippen LogP contribution in [0.5, 0.6) is 0 Å². The zero-order chi connectivity index (χ0) is 13.0. The second kappa shape index (κ2) is 5.61. The van der Waals surface area contributed by atoms with Gasteiger partial charge in [0.15, 0.2) is 0 Å². The summed E-state index contributed by atoms with van der Waals surface area (Å²) >= 11 is 1.68. The lowest BCUT2D eigenvalue weighted by Gasteiger charge is -2.06. The molecule has 2 aromatic carbocycles. The lowest BCUT2D eigenvalue weighted by molar-refractivity contribution is 1.13. The lowest BCUT2D eigenvalue weighted by Crippen LogP contribution is -1.92. The highest BCUT2D eigenvalue weighted by atomic mass is 32.2. The predicted molar refractivity (Wildman–Crippen MR) is 75.5 cm³/mol. The molecule has 3 heteroatoms. The molecule has 0 unspecified atom stereocenters. The molecule has 0 aliphatic rings. The Kier molecular flexibility index (Phi) is 3.91. The molecule has 0 aliphatic carbocycles. The number of benzene rings is 2. The summed E-state index contributed by atoms with van der Waals surface area (Å²) in [5, 5.41) is 8.75. The van der Waals surface area contributed by atoms with Crippen LogP contribution in [0.15, 0.2) is 52.3 Å². The molecule has 0 heterocycles. The molecule has 0 aromatic heterocycles. The number of nitrogen functional groups attached to an aromatic ring is 1. The molecule has 0 saturated heterocycles. The first kappa shape index (κ1) is 12.5. The third-order valence-corrected chi connectivity index (χ3v) is 3.71. The van der Waals surface area contributed by atoms with E-state index in [2.05, 4.69) is 19.1 Å². The van der Waals surface area contributed by atoms with Crippen LogP contribution in [-0.2, 0) is 6.42 Å². The molecule has 0 spiro atoms. The van der Waals surface area contributed by atoms with Crippen LogP contribution in [-0.4, -0.2) is 0 Å². The van der Waals surface area contributed by atoms with E-state index in [4.69, 9.17) is 11.0 Å². The van der Waals surface area contributed by atoms with Crippen molar-refractivity contribution in [1.29, 1.82) is 5.26 Å². The Balaban J connectivity index is 2.20. The first-order valence-corrected chi connectivity index (χ1v) is 6.61. The van der Waals surface area contributed by atoms with Crippen molar-refractivity contribution < 1.29 is 0 Å². The van der Waals surface area contributed by atoms with Crippen LogP contribution in [0.4, 0.5) is 5.69 Å². The van der Waals surface area contributed by atoms with Crippen LogP contribution >= 0.6 is 11.8 Å². The second-order valence-corrected chi connectivity index (χ2v) is 5.10. The van der Waals surface area contributed by atoms with Crippen LogP contribution in [0, 0.1) is 11.3 Å². The molecule has 0 aliphatic heterocycles. The van der Waals surface area contributed by atoms with Crippen LogP contribution in [0.2, 0.25) is 0 Å². The molecular weight excluding hydrogens is 240 g/mol. The number of nitriles is 1. The third-order valence-electron chi connectivity index (χ3n) is 2.71. The molecule has 2 rings (SSSR count). The minimum atomic E-state index is 0.686. The van der Waals surface area contributed by atoms with E-state index in [1.165, 1.54) is 10.5 Å². The number of rotatable bonds is 3. The summed E-state index contributed by atoms with van der Waals surface area (Å²) in [4.78, 5) is 2.30. The Morgan fingerprint density at radius 2 is 1.78 bits per heavy atom. The normalized spacial score (nSPS) is 10.0. The minimum absolute atomic E-state index is 0.686. The number of nitrogens with two attached hydrogens (primary N) is 1. The first-order chi connectivity index (χ1) is 8.72. The highest BCUT2D eigenvalue weighted by molar-refractivity contribution is 7.99. The molecule has 90 valence electrons. The molecule has 18 heavy (non-hydrogen) atoms. The summed E-state index contributed by atoms with van der Waals surface area (Å²) in [5.74, 6) is 0. The largest absolute Gasteiger partial charge is 0.399 e. The summed E-state index contributed by atoms with van der Waals surface area (Å²) < 4.78 is 0. The zero-order valence-corrected chi connectivity index (χ0v) is 11.0. The van der Waals surface area contributed by atoms with E-state index >= 15 is 0 Å². The molecule has 0 amide bonds. The Hall–Kier alpha value is -1.92. The molecule has 0 radical (unpaired) electrons. The fraction of sp³-hybridized carbons (Fsp3) is 0.133. The molecule has 2 N–H and O–H groups in total. The van der Waals surface area contributed by atoms with Gasteiger partial charge in [0, 0.05) is 15.5 Å². The van der Waals surface area contributed by atoms with Crippen LogP contribution < -0.4 is 5.73 Å². The van der Waals surface area contributed by atoms with E-state index in [9.17, 15) is 0 Å². The fourth-order valence-corrected chi connectivity index (χ4v) is 2.57. The van der Waals surface area contributed by atoms with Gasteiger partial charge in [-0.3, -0.25) is 0 Å². The van der Waals surface area contributed by atoms with Crippen LogP contribution in [0.3, 0.4) is 0 Å². The Morgan fingerprint density at radius 1 is 1.11 bits per heavy atom. The topological polar surface area (TPSA) is 49.8 Å². The van der Waals surface area contributed by atoms with Crippen molar-refractivity contribution in [2.24, 2.45) is 0 Å². The van der Waals surface area contributed by atoms with Gasteiger partial charge in [0.2, 0.25) is 0 Å². The maximum Gasteiger partial charge on any atom is 0.0991 e. The maximum atomic E-state index is 8.75. The maximum absolute atomic E-state index is 8.75. The van der Waals surface area contributed by atoms with Gasteiger partial charge in [-0.1, -0.05) is 18.7 Å². The predicted octanol–water partition coefficient (Wildman–Crippen LogP) is 3.85. The second-order valence-electron chi connectivity index (χ2n) is 3.95. The molecule has 2 aromatic rings. The van der Waals surface area contributed by atoms with Crippen LogP contribution in [0.25, 0.3) is 0 Å². The number of hydrogen-bond donors (Lipinski definition) is 1. The van der Waals surface area contributed by atoms with Gasteiger partial charge in [0.1, 0.15) is 0 Å².